The Balaban J connectivity index is 2.95. The summed E-state index contributed by atoms with van der Waals surface area (Å²) in [6, 6.07) is 7.99. The summed E-state index contributed by atoms with van der Waals surface area (Å²) in [5.74, 6) is 0.138. The minimum absolute atomic E-state index is 0.138. The first kappa shape index (κ1) is 8.81. The van der Waals surface area contributed by atoms with Gasteiger partial charge in [-0.2, -0.15) is 0 Å². The van der Waals surface area contributed by atoms with Crippen molar-refractivity contribution in [3.63, 3.8) is 0 Å². The van der Waals surface area contributed by atoms with Crippen LogP contribution in [0.3, 0.4) is 0 Å². The number of hydrogen-bond donors (Lipinski definition) is 2. The van der Waals surface area contributed by atoms with E-state index in [4.69, 9.17) is 11.1 Å². The van der Waals surface area contributed by atoms with E-state index < -0.39 is 0 Å². The van der Waals surface area contributed by atoms with Crippen LogP contribution in [0.15, 0.2) is 24.3 Å². The predicted molar refractivity (Wildman–Crippen MR) is 58.7 cm³/mol. The number of fused-ring (bicyclic) bond motifs is 1. The van der Waals surface area contributed by atoms with Crippen molar-refractivity contribution < 1.29 is 0 Å². The zero-order chi connectivity index (χ0) is 10.3. The summed E-state index contributed by atoms with van der Waals surface area (Å²) < 4.78 is 2.06. The van der Waals surface area contributed by atoms with E-state index in [2.05, 4.69) is 4.57 Å². The van der Waals surface area contributed by atoms with E-state index in [-0.39, 0.29) is 5.84 Å². The topological polar surface area (TPSA) is 54.8 Å². The predicted octanol–water partition coefficient (Wildman–Crippen LogP) is 1.77. The summed E-state index contributed by atoms with van der Waals surface area (Å²) in [4.78, 5) is 0. The quantitative estimate of drug-likeness (QED) is 0.519. The molecule has 0 unspecified atom stereocenters. The zero-order valence-corrected chi connectivity index (χ0v) is 8.33. The Morgan fingerprint density at radius 1 is 1.36 bits per heavy atom. The van der Waals surface area contributed by atoms with E-state index >= 15 is 0 Å². The number of rotatable bonds is 1. The van der Waals surface area contributed by atoms with Gasteiger partial charge in [-0.3, -0.25) is 5.41 Å². The molecular weight excluding hydrogens is 174 g/mol. The van der Waals surface area contributed by atoms with Gasteiger partial charge in [0.15, 0.2) is 0 Å². The summed E-state index contributed by atoms with van der Waals surface area (Å²) in [5, 5.41) is 8.59. The standard InChI is InChI=1S/C11H13N3/c1-7-10(11(12)13)8-5-3-4-6-9(8)14(7)2/h3-6H,1-2H3,(H3,12,13). The third-order valence-electron chi connectivity index (χ3n) is 2.67. The van der Waals surface area contributed by atoms with Gasteiger partial charge >= 0.3 is 0 Å². The van der Waals surface area contributed by atoms with Crippen LogP contribution in [0, 0.1) is 12.3 Å². The molecule has 0 saturated carbocycles. The molecule has 14 heavy (non-hydrogen) atoms. The monoisotopic (exact) mass is 187 g/mol. The van der Waals surface area contributed by atoms with Gasteiger partial charge in [0, 0.05) is 29.2 Å². The van der Waals surface area contributed by atoms with E-state index in [1.165, 1.54) is 0 Å². The lowest BCUT2D eigenvalue weighted by atomic mass is 10.1. The van der Waals surface area contributed by atoms with Gasteiger partial charge < -0.3 is 10.3 Å². The van der Waals surface area contributed by atoms with Gasteiger partial charge in [-0.05, 0) is 13.0 Å². The number of aromatic nitrogens is 1. The highest BCUT2D eigenvalue weighted by molar-refractivity contribution is 6.08. The molecule has 0 spiro atoms. The van der Waals surface area contributed by atoms with Crippen LogP contribution in [0.25, 0.3) is 10.9 Å². The highest BCUT2D eigenvalue weighted by atomic mass is 15.0. The first-order valence-electron chi connectivity index (χ1n) is 4.51. The minimum atomic E-state index is 0.138. The highest BCUT2D eigenvalue weighted by Crippen LogP contribution is 2.23. The molecule has 0 amide bonds. The molecule has 0 saturated heterocycles. The van der Waals surface area contributed by atoms with E-state index in [0.29, 0.717) is 0 Å². The van der Waals surface area contributed by atoms with Gasteiger partial charge in [0.2, 0.25) is 0 Å². The molecule has 1 aromatic carbocycles. The molecule has 1 aromatic heterocycles. The average Bonchev–Trinajstić information content (AvgIpc) is 2.41. The summed E-state index contributed by atoms with van der Waals surface area (Å²) in [5.41, 5.74) is 8.58. The van der Waals surface area contributed by atoms with Crippen LogP contribution in [-0.2, 0) is 7.05 Å². The Labute approximate surface area is 82.7 Å². The lowest BCUT2D eigenvalue weighted by Gasteiger charge is -1.98. The van der Waals surface area contributed by atoms with E-state index in [9.17, 15) is 0 Å². The molecular formula is C11H13N3. The molecule has 2 aromatic rings. The van der Waals surface area contributed by atoms with Crippen LogP contribution in [0.5, 0.6) is 0 Å². The van der Waals surface area contributed by atoms with E-state index in [1.807, 2.05) is 38.2 Å². The third kappa shape index (κ3) is 1.02. The van der Waals surface area contributed by atoms with Crippen molar-refractivity contribution in [2.24, 2.45) is 12.8 Å². The number of aryl methyl sites for hydroxylation is 1. The van der Waals surface area contributed by atoms with Crippen LogP contribution in [0.1, 0.15) is 11.3 Å². The Kier molecular flexibility index (Phi) is 1.81. The zero-order valence-electron chi connectivity index (χ0n) is 8.33. The molecule has 3 nitrogen and oxygen atoms in total. The Hall–Kier alpha value is -1.77. The van der Waals surface area contributed by atoms with Crippen molar-refractivity contribution in [1.29, 1.82) is 5.41 Å². The first-order valence-corrected chi connectivity index (χ1v) is 4.51. The molecule has 3 heteroatoms. The number of hydrogen-bond acceptors (Lipinski definition) is 1. The van der Waals surface area contributed by atoms with Crippen LogP contribution >= 0.6 is 0 Å². The van der Waals surface area contributed by atoms with Gasteiger partial charge in [-0.1, -0.05) is 18.2 Å². The number of nitrogens with zero attached hydrogens (tertiary/aromatic N) is 1. The van der Waals surface area contributed by atoms with Crippen LogP contribution < -0.4 is 5.73 Å². The van der Waals surface area contributed by atoms with Crippen molar-refractivity contribution in [2.75, 3.05) is 0 Å². The van der Waals surface area contributed by atoms with Gasteiger partial charge in [0.1, 0.15) is 5.84 Å². The fourth-order valence-corrected chi connectivity index (χ4v) is 1.86. The molecule has 0 fully saturated rings. The summed E-state index contributed by atoms with van der Waals surface area (Å²) >= 11 is 0. The molecule has 0 atom stereocenters. The van der Waals surface area contributed by atoms with Crippen LogP contribution in [0.4, 0.5) is 0 Å². The van der Waals surface area contributed by atoms with Crippen molar-refractivity contribution >= 4 is 16.7 Å². The molecule has 1 heterocycles. The number of amidine groups is 1. The average molecular weight is 187 g/mol. The maximum atomic E-state index is 7.54. The van der Waals surface area contributed by atoms with Gasteiger partial charge in [-0.25, -0.2) is 0 Å². The Morgan fingerprint density at radius 2 is 2.00 bits per heavy atom. The van der Waals surface area contributed by atoms with Crippen molar-refractivity contribution in [3.8, 4) is 0 Å². The summed E-state index contributed by atoms with van der Waals surface area (Å²) in [7, 11) is 1.99. The smallest absolute Gasteiger partial charge is 0.125 e. The highest BCUT2D eigenvalue weighted by Gasteiger charge is 2.12. The van der Waals surface area contributed by atoms with Crippen LogP contribution in [-0.4, -0.2) is 10.4 Å². The lowest BCUT2D eigenvalue weighted by molar-refractivity contribution is 0.915. The molecule has 3 N–H and O–H groups in total. The molecule has 2 rings (SSSR count). The Morgan fingerprint density at radius 3 is 2.64 bits per heavy atom. The lowest BCUT2D eigenvalue weighted by Crippen LogP contribution is -2.12. The Bertz CT molecular complexity index is 508. The second-order valence-electron chi connectivity index (χ2n) is 3.45. The molecule has 0 aliphatic heterocycles. The van der Waals surface area contributed by atoms with E-state index in [1.54, 1.807) is 0 Å². The first-order chi connectivity index (χ1) is 6.63. The van der Waals surface area contributed by atoms with Crippen LogP contribution in [0.2, 0.25) is 0 Å². The normalized spacial score (nSPS) is 10.7. The number of nitrogen functional groups attached to an aromatic ring is 1. The minimum Gasteiger partial charge on any atom is -0.384 e. The van der Waals surface area contributed by atoms with Gasteiger partial charge in [-0.15, -0.1) is 0 Å². The van der Waals surface area contributed by atoms with Gasteiger partial charge in [0.05, 0.1) is 0 Å². The largest absolute Gasteiger partial charge is 0.384 e. The SMILES string of the molecule is Cc1c(C(=N)N)c2ccccc2n1C. The van der Waals surface area contributed by atoms with Crippen molar-refractivity contribution in [1.82, 2.24) is 4.57 Å². The maximum Gasteiger partial charge on any atom is 0.125 e. The fraction of sp³-hybridized carbons (Fsp3) is 0.182. The second-order valence-corrected chi connectivity index (χ2v) is 3.45. The summed E-state index contributed by atoms with van der Waals surface area (Å²) in [6.07, 6.45) is 0. The molecule has 72 valence electrons. The molecule has 0 aliphatic rings. The second kappa shape index (κ2) is 2.87. The third-order valence-corrected chi connectivity index (χ3v) is 2.67. The van der Waals surface area contributed by atoms with Crippen molar-refractivity contribution in [3.05, 3.63) is 35.5 Å². The number of benzene rings is 1. The maximum absolute atomic E-state index is 7.54. The summed E-state index contributed by atoms with van der Waals surface area (Å²) in [6.45, 7) is 1.98. The molecule has 0 aliphatic carbocycles. The molecule has 0 bridgehead atoms. The van der Waals surface area contributed by atoms with Crippen molar-refractivity contribution in [2.45, 2.75) is 6.92 Å². The number of nitrogens with one attached hydrogen (secondary N) is 1. The molecule has 0 radical (unpaired) electrons. The number of nitrogens with two attached hydrogens (primary N) is 1. The van der Waals surface area contributed by atoms with E-state index in [0.717, 1.165) is 22.2 Å². The fourth-order valence-electron chi connectivity index (χ4n) is 1.86. The van der Waals surface area contributed by atoms with Gasteiger partial charge in [0.25, 0.3) is 0 Å². The number of para-hydroxylation sites is 1.